The first-order valence-electron chi connectivity index (χ1n) is 8.03. The number of hydrogen-bond donors (Lipinski definition) is 1. The Hall–Kier alpha value is -2.20. The third kappa shape index (κ3) is 5.13. The van der Waals surface area contributed by atoms with Gasteiger partial charge in [-0.3, -0.25) is 0 Å². The monoisotopic (exact) mass is 362 g/mol. The second kappa shape index (κ2) is 7.79. The zero-order chi connectivity index (χ0) is 18.6. The number of methoxy groups -OCH3 is 1. The minimum Gasteiger partial charge on any atom is -0.495 e. The van der Waals surface area contributed by atoms with Gasteiger partial charge in [0.05, 0.1) is 12.1 Å². The molecule has 2 aromatic rings. The summed E-state index contributed by atoms with van der Waals surface area (Å²) in [6.07, 6.45) is -0.787. The number of hydrogen-bond acceptors (Lipinski definition) is 3. The van der Waals surface area contributed by atoms with Crippen molar-refractivity contribution in [1.82, 2.24) is 0 Å². The Morgan fingerprint density at radius 2 is 1.80 bits per heavy atom. The summed E-state index contributed by atoms with van der Waals surface area (Å²) in [5.74, 6) is 0.0582. The van der Waals surface area contributed by atoms with Crippen LogP contribution in [0.25, 0.3) is 0 Å². The van der Waals surface area contributed by atoms with Crippen LogP contribution in [0.1, 0.15) is 31.9 Å². The van der Waals surface area contributed by atoms with E-state index in [0.29, 0.717) is 16.5 Å². The van der Waals surface area contributed by atoms with Crippen molar-refractivity contribution in [2.24, 2.45) is 0 Å². The molecule has 0 radical (unpaired) electrons. The Labute approximate surface area is 153 Å². The van der Waals surface area contributed by atoms with E-state index in [2.05, 4.69) is 20.8 Å². The highest BCUT2D eigenvalue weighted by Crippen LogP contribution is 2.27. The number of aliphatic carboxylic acids is 1. The van der Waals surface area contributed by atoms with Crippen LogP contribution in [0, 0.1) is 0 Å². The third-order valence-corrected chi connectivity index (χ3v) is 4.21. The third-order valence-electron chi connectivity index (χ3n) is 3.91. The molecular weight excluding hydrogens is 340 g/mol. The Balaban J connectivity index is 2.13. The second-order valence-electron chi connectivity index (χ2n) is 6.89. The summed E-state index contributed by atoms with van der Waals surface area (Å²) >= 11 is 6.10. The fourth-order valence-corrected chi connectivity index (χ4v) is 2.71. The average Bonchev–Trinajstić information content (AvgIpc) is 2.54. The smallest absolute Gasteiger partial charge is 0.345 e. The van der Waals surface area contributed by atoms with E-state index >= 15 is 0 Å². The Morgan fingerprint density at radius 1 is 1.16 bits per heavy atom. The van der Waals surface area contributed by atoms with Crippen molar-refractivity contribution < 1.29 is 19.4 Å². The predicted octanol–water partition coefficient (Wildman–Crippen LogP) is 4.72. The minimum absolute atomic E-state index is 0.0323. The van der Waals surface area contributed by atoms with Crippen molar-refractivity contribution in [2.45, 2.75) is 38.7 Å². The van der Waals surface area contributed by atoms with Crippen molar-refractivity contribution in [1.29, 1.82) is 0 Å². The molecule has 1 unspecified atom stereocenters. The van der Waals surface area contributed by atoms with Crippen LogP contribution in [-0.4, -0.2) is 24.3 Å². The van der Waals surface area contributed by atoms with E-state index in [-0.39, 0.29) is 11.8 Å². The number of ether oxygens (including phenoxy) is 2. The van der Waals surface area contributed by atoms with E-state index in [9.17, 15) is 9.90 Å². The van der Waals surface area contributed by atoms with Crippen molar-refractivity contribution in [3.05, 3.63) is 58.6 Å². The van der Waals surface area contributed by atoms with Gasteiger partial charge in [0, 0.05) is 6.42 Å². The van der Waals surface area contributed by atoms with E-state index < -0.39 is 12.1 Å². The van der Waals surface area contributed by atoms with Gasteiger partial charge >= 0.3 is 5.97 Å². The van der Waals surface area contributed by atoms with Gasteiger partial charge in [-0.2, -0.15) is 0 Å². The van der Waals surface area contributed by atoms with E-state index in [1.54, 1.807) is 30.3 Å². The van der Waals surface area contributed by atoms with Crippen LogP contribution in [0.4, 0.5) is 0 Å². The zero-order valence-electron chi connectivity index (χ0n) is 14.9. The van der Waals surface area contributed by atoms with Crippen LogP contribution >= 0.6 is 11.6 Å². The van der Waals surface area contributed by atoms with Crippen LogP contribution in [0.15, 0.2) is 42.5 Å². The maximum atomic E-state index is 11.6. The SMILES string of the molecule is COc1ccc(CC(Oc2ccc(C(C)(C)C)cc2)C(=O)O)cc1Cl. The van der Waals surface area contributed by atoms with Crippen molar-refractivity contribution in [3.8, 4) is 11.5 Å². The number of halogens is 1. The summed E-state index contributed by atoms with van der Waals surface area (Å²) in [7, 11) is 1.53. The first-order chi connectivity index (χ1) is 11.7. The lowest BCUT2D eigenvalue weighted by Crippen LogP contribution is -2.29. The molecule has 4 nitrogen and oxygen atoms in total. The molecule has 1 atom stereocenters. The van der Waals surface area contributed by atoms with Gasteiger partial charge in [0.15, 0.2) is 6.10 Å². The van der Waals surface area contributed by atoms with E-state index in [1.165, 1.54) is 7.11 Å². The first-order valence-corrected chi connectivity index (χ1v) is 8.41. The molecule has 0 heterocycles. The molecule has 0 aliphatic rings. The standard InChI is InChI=1S/C20H23ClO4/c1-20(2,3)14-6-8-15(9-7-14)25-18(19(22)23)12-13-5-10-17(24-4)16(21)11-13/h5-11,18H,12H2,1-4H3,(H,22,23). The molecule has 0 spiro atoms. The zero-order valence-corrected chi connectivity index (χ0v) is 15.6. The number of carboxylic acid groups (broad SMARTS) is 1. The van der Waals surface area contributed by atoms with E-state index in [4.69, 9.17) is 21.1 Å². The Morgan fingerprint density at radius 3 is 2.28 bits per heavy atom. The Bertz CT molecular complexity index is 732. The first kappa shape index (κ1) is 19.1. The molecule has 0 fully saturated rings. The van der Waals surface area contributed by atoms with Gasteiger partial charge in [0.1, 0.15) is 11.5 Å². The van der Waals surface area contributed by atoms with Crippen LogP contribution < -0.4 is 9.47 Å². The molecule has 2 rings (SSSR count). The average molecular weight is 363 g/mol. The highest BCUT2D eigenvalue weighted by molar-refractivity contribution is 6.32. The maximum Gasteiger partial charge on any atom is 0.345 e. The molecule has 25 heavy (non-hydrogen) atoms. The van der Waals surface area contributed by atoms with Crippen molar-refractivity contribution in [2.75, 3.05) is 7.11 Å². The fourth-order valence-electron chi connectivity index (χ4n) is 2.43. The summed E-state index contributed by atoms with van der Waals surface area (Å²) < 4.78 is 10.8. The quantitative estimate of drug-likeness (QED) is 0.807. The molecule has 0 bridgehead atoms. The molecule has 0 saturated heterocycles. The summed E-state index contributed by atoms with van der Waals surface area (Å²) in [5, 5.41) is 9.91. The maximum absolute atomic E-state index is 11.6. The molecule has 0 aliphatic carbocycles. The van der Waals surface area contributed by atoms with Crippen LogP contribution in [0.3, 0.4) is 0 Å². The van der Waals surface area contributed by atoms with Gasteiger partial charge in [0.2, 0.25) is 0 Å². The number of benzene rings is 2. The molecule has 0 saturated carbocycles. The number of carbonyl (C=O) groups is 1. The molecule has 0 aliphatic heterocycles. The highest BCUT2D eigenvalue weighted by Gasteiger charge is 2.21. The Kier molecular flexibility index (Phi) is 5.96. The molecule has 134 valence electrons. The van der Waals surface area contributed by atoms with Crippen molar-refractivity contribution in [3.63, 3.8) is 0 Å². The van der Waals surface area contributed by atoms with Crippen LogP contribution in [0.2, 0.25) is 5.02 Å². The molecule has 5 heteroatoms. The van der Waals surface area contributed by atoms with E-state index in [0.717, 1.165) is 11.1 Å². The summed E-state index contributed by atoms with van der Waals surface area (Å²) in [6, 6.07) is 12.7. The van der Waals surface area contributed by atoms with Gasteiger partial charge < -0.3 is 14.6 Å². The molecule has 1 N–H and O–H groups in total. The lowest BCUT2D eigenvalue weighted by molar-refractivity contribution is -0.145. The van der Waals surface area contributed by atoms with E-state index in [1.807, 2.05) is 12.1 Å². The molecule has 2 aromatic carbocycles. The lowest BCUT2D eigenvalue weighted by atomic mass is 9.87. The van der Waals surface area contributed by atoms with Gasteiger partial charge in [-0.05, 0) is 40.8 Å². The highest BCUT2D eigenvalue weighted by atomic mass is 35.5. The van der Waals surface area contributed by atoms with Crippen LogP contribution in [0.5, 0.6) is 11.5 Å². The van der Waals surface area contributed by atoms with Crippen LogP contribution in [-0.2, 0) is 16.6 Å². The summed E-state index contributed by atoms with van der Waals surface area (Å²) in [4.78, 5) is 11.6. The normalized spacial score (nSPS) is 12.5. The molecular formula is C20H23ClO4. The van der Waals surface area contributed by atoms with Gasteiger partial charge in [-0.1, -0.05) is 50.6 Å². The summed E-state index contributed by atoms with van der Waals surface area (Å²) in [5.41, 5.74) is 1.96. The summed E-state index contributed by atoms with van der Waals surface area (Å²) in [6.45, 7) is 6.36. The molecule has 0 amide bonds. The second-order valence-corrected chi connectivity index (χ2v) is 7.30. The van der Waals surface area contributed by atoms with Crippen molar-refractivity contribution >= 4 is 17.6 Å². The largest absolute Gasteiger partial charge is 0.495 e. The van der Waals surface area contributed by atoms with Gasteiger partial charge in [0.25, 0.3) is 0 Å². The fraction of sp³-hybridized carbons (Fsp3) is 0.350. The minimum atomic E-state index is -1.02. The number of carboxylic acids is 1. The topological polar surface area (TPSA) is 55.8 Å². The van der Waals surface area contributed by atoms with Gasteiger partial charge in [-0.25, -0.2) is 4.79 Å². The lowest BCUT2D eigenvalue weighted by Gasteiger charge is -2.20. The number of rotatable bonds is 6. The van der Waals surface area contributed by atoms with Gasteiger partial charge in [-0.15, -0.1) is 0 Å². The predicted molar refractivity (Wildman–Crippen MR) is 98.9 cm³/mol. The molecule has 0 aromatic heterocycles.